The van der Waals surface area contributed by atoms with Gasteiger partial charge in [-0.05, 0) is 44.1 Å². The van der Waals surface area contributed by atoms with Crippen LogP contribution in [0.5, 0.6) is 0 Å². The lowest BCUT2D eigenvalue weighted by Crippen LogP contribution is -2.41. The molecule has 0 aromatic heterocycles. The van der Waals surface area contributed by atoms with Crippen molar-refractivity contribution in [2.75, 3.05) is 5.75 Å². The summed E-state index contributed by atoms with van der Waals surface area (Å²) in [6.07, 6.45) is 8.39. The van der Waals surface area contributed by atoms with E-state index in [0.29, 0.717) is 6.42 Å². The van der Waals surface area contributed by atoms with Crippen LogP contribution in [0.4, 0.5) is 0 Å². The molecular formula is C22H33NO4S. The summed E-state index contributed by atoms with van der Waals surface area (Å²) in [6.45, 7) is 0. The zero-order valence-corrected chi connectivity index (χ0v) is 17.3. The van der Waals surface area contributed by atoms with Crippen LogP contribution in [0.1, 0.15) is 50.5 Å². The third-order valence-corrected chi connectivity index (χ3v) is 5.11. The number of carboxylic acid groups (broad SMARTS) is 1. The SMILES string of the molecule is N[C@@H](CS)C(=O)[C@H](C=CCCCCCc1ccccc1)[C@@H](O)CCCC(=O)O. The fourth-order valence-corrected chi connectivity index (χ4v) is 3.23. The zero-order chi connectivity index (χ0) is 20.8. The number of carboxylic acids is 1. The minimum Gasteiger partial charge on any atom is -0.481 e. The fraction of sp³-hybridized carbons (Fsp3) is 0.545. The summed E-state index contributed by atoms with van der Waals surface area (Å²) < 4.78 is 0. The van der Waals surface area contributed by atoms with Crippen molar-refractivity contribution in [1.82, 2.24) is 0 Å². The van der Waals surface area contributed by atoms with Crippen LogP contribution < -0.4 is 5.73 Å². The van der Waals surface area contributed by atoms with Crippen molar-refractivity contribution in [1.29, 1.82) is 0 Å². The number of allylic oxidation sites excluding steroid dienone is 1. The Morgan fingerprint density at radius 1 is 1.11 bits per heavy atom. The smallest absolute Gasteiger partial charge is 0.303 e. The number of carbonyl (C=O) groups is 2. The number of aliphatic carboxylic acids is 1. The fourth-order valence-electron chi connectivity index (χ4n) is 3.05. The molecule has 1 aromatic carbocycles. The summed E-state index contributed by atoms with van der Waals surface area (Å²) in [7, 11) is 0. The molecule has 0 heterocycles. The monoisotopic (exact) mass is 407 g/mol. The van der Waals surface area contributed by atoms with Gasteiger partial charge in [-0.15, -0.1) is 0 Å². The average Bonchev–Trinajstić information content (AvgIpc) is 2.69. The molecule has 0 saturated carbocycles. The van der Waals surface area contributed by atoms with E-state index in [1.165, 1.54) is 5.56 Å². The van der Waals surface area contributed by atoms with Gasteiger partial charge in [0.25, 0.3) is 0 Å². The first-order chi connectivity index (χ1) is 13.5. The average molecular weight is 408 g/mol. The lowest BCUT2D eigenvalue weighted by atomic mass is 9.89. The summed E-state index contributed by atoms with van der Waals surface area (Å²) >= 11 is 4.06. The van der Waals surface area contributed by atoms with E-state index in [9.17, 15) is 14.7 Å². The van der Waals surface area contributed by atoms with Crippen molar-refractivity contribution in [3.05, 3.63) is 48.0 Å². The molecule has 0 unspecified atom stereocenters. The molecule has 0 amide bonds. The number of benzene rings is 1. The second-order valence-corrected chi connectivity index (χ2v) is 7.45. The first-order valence-electron chi connectivity index (χ1n) is 9.96. The Morgan fingerprint density at radius 2 is 1.82 bits per heavy atom. The Morgan fingerprint density at radius 3 is 2.46 bits per heavy atom. The molecule has 0 fully saturated rings. The molecule has 1 aromatic rings. The number of hydrogen-bond acceptors (Lipinski definition) is 5. The Kier molecular flexibility index (Phi) is 12.5. The molecule has 6 heteroatoms. The molecule has 0 bridgehead atoms. The first kappa shape index (κ1) is 24.4. The number of aryl methyl sites for hydroxylation is 1. The number of nitrogens with two attached hydrogens (primary N) is 1. The molecule has 0 aliphatic heterocycles. The van der Waals surface area contributed by atoms with Crippen LogP contribution in [0.3, 0.4) is 0 Å². The van der Waals surface area contributed by atoms with E-state index in [2.05, 4.69) is 24.8 Å². The van der Waals surface area contributed by atoms with Gasteiger partial charge in [0.15, 0.2) is 5.78 Å². The lowest BCUT2D eigenvalue weighted by molar-refractivity contribution is -0.137. The van der Waals surface area contributed by atoms with Crippen molar-refractivity contribution in [3.63, 3.8) is 0 Å². The third-order valence-electron chi connectivity index (χ3n) is 4.72. The van der Waals surface area contributed by atoms with Gasteiger partial charge in [-0.2, -0.15) is 12.6 Å². The van der Waals surface area contributed by atoms with Crippen LogP contribution in [0.15, 0.2) is 42.5 Å². The predicted octanol–water partition coefficient (Wildman–Crippen LogP) is 3.40. The van der Waals surface area contributed by atoms with Crippen molar-refractivity contribution in [3.8, 4) is 0 Å². The Labute approximate surface area is 173 Å². The van der Waals surface area contributed by atoms with Crippen LogP contribution in [-0.4, -0.2) is 39.9 Å². The van der Waals surface area contributed by atoms with Crippen LogP contribution in [0.2, 0.25) is 0 Å². The summed E-state index contributed by atoms with van der Waals surface area (Å²) in [5, 5.41) is 19.1. The lowest BCUT2D eigenvalue weighted by Gasteiger charge is -2.21. The van der Waals surface area contributed by atoms with E-state index in [1.807, 2.05) is 24.3 Å². The van der Waals surface area contributed by atoms with Gasteiger partial charge in [-0.3, -0.25) is 9.59 Å². The molecular weight excluding hydrogens is 374 g/mol. The van der Waals surface area contributed by atoms with E-state index in [-0.39, 0.29) is 24.4 Å². The van der Waals surface area contributed by atoms with Gasteiger partial charge in [-0.1, -0.05) is 48.9 Å². The highest BCUT2D eigenvalue weighted by atomic mass is 32.1. The number of unbranched alkanes of at least 4 members (excludes halogenated alkanes) is 3. The van der Waals surface area contributed by atoms with Gasteiger partial charge in [0, 0.05) is 12.2 Å². The molecule has 156 valence electrons. The third kappa shape index (κ3) is 10.1. The van der Waals surface area contributed by atoms with E-state index in [0.717, 1.165) is 32.1 Å². The molecule has 0 spiro atoms. The summed E-state index contributed by atoms with van der Waals surface area (Å²) in [5.41, 5.74) is 7.13. The highest BCUT2D eigenvalue weighted by Gasteiger charge is 2.27. The number of thiol groups is 1. The highest BCUT2D eigenvalue weighted by molar-refractivity contribution is 7.80. The number of aliphatic hydroxyl groups is 1. The second kappa shape index (κ2) is 14.4. The largest absolute Gasteiger partial charge is 0.481 e. The first-order valence-corrected chi connectivity index (χ1v) is 10.6. The number of aliphatic hydroxyl groups excluding tert-OH is 1. The van der Waals surface area contributed by atoms with Crippen molar-refractivity contribution in [2.24, 2.45) is 11.7 Å². The molecule has 0 aliphatic carbocycles. The molecule has 28 heavy (non-hydrogen) atoms. The Balaban J connectivity index is 2.43. The van der Waals surface area contributed by atoms with Crippen LogP contribution in [-0.2, 0) is 16.0 Å². The number of Topliss-reactive ketones (excluding diaryl/α,β-unsaturated/α-hetero) is 1. The quantitative estimate of drug-likeness (QED) is 0.203. The molecule has 0 aliphatic rings. The predicted molar refractivity (Wildman–Crippen MR) is 116 cm³/mol. The molecule has 4 N–H and O–H groups in total. The summed E-state index contributed by atoms with van der Waals surface area (Å²) in [5.74, 6) is -1.66. The molecule has 5 nitrogen and oxygen atoms in total. The standard InChI is InChI=1S/C22H33NO4S/c23-19(16-28)22(27)18(20(24)14-9-15-21(25)26)13-8-3-1-2-5-10-17-11-6-4-7-12-17/h4,6-8,11-13,18-20,24,28H,1-3,5,9-10,14-16,23H2,(H,25,26)/t18-,19+,20+/m1/s1. The van der Waals surface area contributed by atoms with Crippen LogP contribution >= 0.6 is 12.6 Å². The number of rotatable bonds is 15. The van der Waals surface area contributed by atoms with Gasteiger partial charge in [0.05, 0.1) is 18.1 Å². The maximum Gasteiger partial charge on any atom is 0.303 e. The minimum atomic E-state index is -0.924. The Bertz CT molecular complexity index is 606. The van der Waals surface area contributed by atoms with Crippen molar-refractivity contribution in [2.45, 2.75) is 63.5 Å². The second-order valence-electron chi connectivity index (χ2n) is 7.08. The number of ketones is 1. The molecule has 0 saturated heterocycles. The van der Waals surface area contributed by atoms with Gasteiger partial charge in [0.2, 0.25) is 0 Å². The zero-order valence-electron chi connectivity index (χ0n) is 16.4. The topological polar surface area (TPSA) is 101 Å². The van der Waals surface area contributed by atoms with E-state index in [1.54, 1.807) is 6.08 Å². The van der Waals surface area contributed by atoms with E-state index < -0.39 is 24.0 Å². The van der Waals surface area contributed by atoms with Gasteiger partial charge in [-0.25, -0.2) is 0 Å². The van der Waals surface area contributed by atoms with Gasteiger partial charge < -0.3 is 15.9 Å². The normalized spacial score (nSPS) is 14.7. The molecule has 1 rings (SSSR count). The summed E-state index contributed by atoms with van der Waals surface area (Å²) in [6, 6.07) is 9.64. The highest BCUT2D eigenvalue weighted by Crippen LogP contribution is 2.17. The molecule has 0 radical (unpaired) electrons. The van der Waals surface area contributed by atoms with Crippen LogP contribution in [0, 0.1) is 5.92 Å². The Hall–Kier alpha value is -1.63. The van der Waals surface area contributed by atoms with E-state index in [4.69, 9.17) is 10.8 Å². The number of carbonyl (C=O) groups excluding carboxylic acids is 1. The maximum atomic E-state index is 12.4. The minimum absolute atomic E-state index is 0.0261. The molecule has 3 atom stereocenters. The van der Waals surface area contributed by atoms with Crippen LogP contribution in [0.25, 0.3) is 0 Å². The van der Waals surface area contributed by atoms with Gasteiger partial charge >= 0.3 is 5.97 Å². The van der Waals surface area contributed by atoms with Crippen molar-refractivity contribution >= 4 is 24.4 Å². The van der Waals surface area contributed by atoms with Gasteiger partial charge in [0.1, 0.15) is 0 Å². The number of hydrogen-bond donors (Lipinski definition) is 4. The maximum absolute atomic E-state index is 12.4. The summed E-state index contributed by atoms with van der Waals surface area (Å²) in [4.78, 5) is 23.1. The van der Waals surface area contributed by atoms with E-state index >= 15 is 0 Å². The van der Waals surface area contributed by atoms with Crippen molar-refractivity contribution < 1.29 is 19.8 Å².